The number of amides is 1. The summed E-state index contributed by atoms with van der Waals surface area (Å²) in [6.45, 7) is 2.27. The summed E-state index contributed by atoms with van der Waals surface area (Å²) in [5, 5.41) is 6.44. The van der Waals surface area contributed by atoms with Crippen LogP contribution in [0, 0.1) is 0 Å². The van der Waals surface area contributed by atoms with E-state index in [0.717, 1.165) is 11.4 Å². The Morgan fingerprint density at radius 3 is 3.00 bits per heavy atom. The Hall–Kier alpha value is -1.55. The van der Waals surface area contributed by atoms with Gasteiger partial charge in [-0.05, 0) is 37.5 Å². The Kier molecular flexibility index (Phi) is 2.96. The summed E-state index contributed by atoms with van der Waals surface area (Å²) in [6, 6.07) is 6.96. The van der Waals surface area contributed by atoms with Crippen LogP contribution < -0.4 is 15.4 Å². The summed E-state index contributed by atoms with van der Waals surface area (Å²) in [5.74, 6) is 0.674. The first-order valence-corrected chi connectivity index (χ1v) is 6.55. The molecule has 0 radical (unpaired) electrons. The Morgan fingerprint density at radius 1 is 1.44 bits per heavy atom. The molecule has 4 heteroatoms. The molecule has 1 aliphatic heterocycles. The zero-order valence-corrected chi connectivity index (χ0v) is 10.5. The second-order valence-electron chi connectivity index (χ2n) is 5.11. The predicted octanol–water partition coefficient (Wildman–Crippen LogP) is 2.22. The topological polar surface area (TPSA) is 50.4 Å². The van der Waals surface area contributed by atoms with E-state index in [-0.39, 0.29) is 12.5 Å². The molecule has 0 bridgehead atoms. The first kappa shape index (κ1) is 11.5. The van der Waals surface area contributed by atoms with Gasteiger partial charge in [-0.15, -0.1) is 0 Å². The van der Waals surface area contributed by atoms with Crippen molar-refractivity contribution >= 4 is 11.6 Å². The minimum Gasteiger partial charge on any atom is -0.482 e. The third kappa shape index (κ3) is 2.20. The van der Waals surface area contributed by atoms with E-state index < -0.39 is 0 Å². The Morgan fingerprint density at radius 2 is 2.28 bits per heavy atom. The number of hydrogen-bond acceptors (Lipinski definition) is 3. The number of fused-ring (bicyclic) bond motifs is 1. The lowest BCUT2D eigenvalue weighted by Crippen LogP contribution is -2.36. The summed E-state index contributed by atoms with van der Waals surface area (Å²) < 4.78 is 5.35. The third-order valence-corrected chi connectivity index (χ3v) is 3.73. The maximum atomic E-state index is 11.3. The van der Waals surface area contributed by atoms with Gasteiger partial charge in [0.1, 0.15) is 5.75 Å². The zero-order chi connectivity index (χ0) is 12.5. The van der Waals surface area contributed by atoms with Crippen LogP contribution >= 0.6 is 0 Å². The smallest absolute Gasteiger partial charge is 0.262 e. The highest BCUT2D eigenvalue weighted by Crippen LogP contribution is 2.31. The van der Waals surface area contributed by atoms with Crippen molar-refractivity contribution < 1.29 is 9.53 Å². The van der Waals surface area contributed by atoms with Crippen LogP contribution in [-0.4, -0.2) is 18.6 Å². The number of anilines is 1. The van der Waals surface area contributed by atoms with Crippen LogP contribution in [0.5, 0.6) is 5.75 Å². The molecule has 1 saturated carbocycles. The van der Waals surface area contributed by atoms with Crippen molar-refractivity contribution in [2.75, 3.05) is 11.9 Å². The zero-order valence-electron chi connectivity index (χ0n) is 10.5. The molecule has 2 N–H and O–H groups in total. The molecule has 2 aliphatic rings. The quantitative estimate of drug-likeness (QED) is 0.859. The van der Waals surface area contributed by atoms with E-state index in [1.54, 1.807) is 0 Å². The molecule has 18 heavy (non-hydrogen) atoms. The lowest BCUT2D eigenvalue weighted by Gasteiger charge is -2.30. The van der Waals surface area contributed by atoms with E-state index in [9.17, 15) is 4.79 Å². The minimum absolute atomic E-state index is 0.0840. The van der Waals surface area contributed by atoms with Crippen molar-refractivity contribution in [3.05, 3.63) is 23.8 Å². The van der Waals surface area contributed by atoms with Crippen molar-refractivity contribution in [2.24, 2.45) is 0 Å². The van der Waals surface area contributed by atoms with Gasteiger partial charge < -0.3 is 15.4 Å². The molecule has 4 nitrogen and oxygen atoms in total. The molecule has 1 atom stereocenters. The number of carbonyl (C=O) groups is 1. The van der Waals surface area contributed by atoms with Gasteiger partial charge in [-0.25, -0.2) is 0 Å². The molecule has 0 spiro atoms. The SMILES string of the molecule is CC(NC1CCC1)c1ccc2c(c1)NC(=O)CO2. The molecule has 3 rings (SSSR count). The van der Waals surface area contributed by atoms with Crippen LogP contribution in [0.15, 0.2) is 18.2 Å². The molecule has 0 saturated heterocycles. The molecule has 0 aromatic heterocycles. The van der Waals surface area contributed by atoms with Crippen LogP contribution in [-0.2, 0) is 4.79 Å². The van der Waals surface area contributed by atoms with E-state index in [0.29, 0.717) is 12.1 Å². The maximum Gasteiger partial charge on any atom is 0.262 e. The van der Waals surface area contributed by atoms with Crippen LogP contribution in [0.1, 0.15) is 37.8 Å². The number of hydrogen-bond donors (Lipinski definition) is 2. The summed E-state index contributed by atoms with van der Waals surface area (Å²) >= 11 is 0. The molecular weight excluding hydrogens is 228 g/mol. The minimum atomic E-state index is -0.0840. The van der Waals surface area contributed by atoms with Crippen LogP contribution in [0.2, 0.25) is 0 Å². The van der Waals surface area contributed by atoms with E-state index in [1.165, 1.54) is 24.8 Å². The molecule has 1 aromatic rings. The monoisotopic (exact) mass is 246 g/mol. The van der Waals surface area contributed by atoms with E-state index in [2.05, 4.69) is 23.6 Å². The number of carbonyl (C=O) groups excluding carboxylic acids is 1. The first-order chi connectivity index (χ1) is 8.72. The van der Waals surface area contributed by atoms with Crippen molar-refractivity contribution in [1.29, 1.82) is 0 Å². The van der Waals surface area contributed by atoms with E-state index >= 15 is 0 Å². The molecule has 96 valence electrons. The van der Waals surface area contributed by atoms with Crippen LogP contribution in [0.3, 0.4) is 0 Å². The second kappa shape index (κ2) is 4.61. The fourth-order valence-electron chi connectivity index (χ4n) is 2.39. The number of rotatable bonds is 3. The van der Waals surface area contributed by atoms with Gasteiger partial charge in [0.2, 0.25) is 0 Å². The van der Waals surface area contributed by atoms with Crippen molar-refractivity contribution in [3.8, 4) is 5.75 Å². The lowest BCUT2D eigenvalue weighted by atomic mass is 9.91. The standard InChI is InChI=1S/C14H18N2O2/c1-9(15-11-3-2-4-11)10-5-6-13-12(7-10)16-14(17)8-18-13/h5-7,9,11,15H,2-4,8H2,1H3,(H,16,17). The van der Waals surface area contributed by atoms with Gasteiger partial charge in [0, 0.05) is 12.1 Å². The Bertz CT molecular complexity index is 469. The molecule has 1 aliphatic carbocycles. The van der Waals surface area contributed by atoms with Gasteiger partial charge >= 0.3 is 0 Å². The van der Waals surface area contributed by atoms with Gasteiger partial charge in [-0.3, -0.25) is 4.79 Å². The number of benzene rings is 1. The van der Waals surface area contributed by atoms with E-state index in [1.807, 2.05) is 12.1 Å². The largest absolute Gasteiger partial charge is 0.482 e. The summed E-state index contributed by atoms with van der Waals surface area (Å²) in [7, 11) is 0. The Balaban J connectivity index is 1.75. The third-order valence-electron chi connectivity index (χ3n) is 3.73. The summed E-state index contributed by atoms with van der Waals surface area (Å²) in [4.78, 5) is 11.3. The second-order valence-corrected chi connectivity index (χ2v) is 5.11. The van der Waals surface area contributed by atoms with Crippen molar-refractivity contribution in [3.63, 3.8) is 0 Å². The maximum absolute atomic E-state index is 11.3. The number of nitrogens with one attached hydrogen (secondary N) is 2. The highest BCUT2D eigenvalue weighted by Gasteiger charge is 2.21. The lowest BCUT2D eigenvalue weighted by molar-refractivity contribution is -0.118. The summed E-state index contributed by atoms with van der Waals surface area (Å²) in [6.07, 6.45) is 3.88. The highest BCUT2D eigenvalue weighted by molar-refractivity contribution is 5.95. The van der Waals surface area contributed by atoms with Gasteiger partial charge in [0.05, 0.1) is 5.69 Å². The highest BCUT2D eigenvalue weighted by atomic mass is 16.5. The molecule has 1 heterocycles. The van der Waals surface area contributed by atoms with Gasteiger partial charge in [-0.2, -0.15) is 0 Å². The van der Waals surface area contributed by atoms with Gasteiger partial charge in [-0.1, -0.05) is 12.5 Å². The molecule has 1 fully saturated rings. The average Bonchev–Trinajstić information content (AvgIpc) is 2.32. The van der Waals surface area contributed by atoms with Crippen LogP contribution in [0.4, 0.5) is 5.69 Å². The average molecular weight is 246 g/mol. The van der Waals surface area contributed by atoms with Crippen LogP contribution in [0.25, 0.3) is 0 Å². The molecule has 1 amide bonds. The fraction of sp³-hybridized carbons (Fsp3) is 0.500. The fourth-order valence-corrected chi connectivity index (χ4v) is 2.39. The first-order valence-electron chi connectivity index (χ1n) is 6.55. The summed E-state index contributed by atoms with van der Waals surface area (Å²) in [5.41, 5.74) is 1.97. The number of ether oxygens (including phenoxy) is 1. The van der Waals surface area contributed by atoms with Gasteiger partial charge in [0.15, 0.2) is 6.61 Å². The van der Waals surface area contributed by atoms with Gasteiger partial charge in [0.25, 0.3) is 5.91 Å². The molecular formula is C14H18N2O2. The predicted molar refractivity (Wildman–Crippen MR) is 69.8 cm³/mol. The normalized spacial score (nSPS) is 20.4. The molecule has 1 unspecified atom stereocenters. The van der Waals surface area contributed by atoms with E-state index in [4.69, 9.17) is 4.74 Å². The van der Waals surface area contributed by atoms with Crippen molar-refractivity contribution in [1.82, 2.24) is 5.32 Å². The molecule has 1 aromatic carbocycles. The van der Waals surface area contributed by atoms with Crippen molar-refractivity contribution in [2.45, 2.75) is 38.3 Å². The Labute approximate surface area is 107 Å².